The van der Waals surface area contributed by atoms with Crippen molar-refractivity contribution in [2.45, 2.75) is 43.2 Å². The molecular formula is C13H18F3NO4S. The molecular weight excluding hydrogens is 323 g/mol. The van der Waals surface area contributed by atoms with Crippen molar-refractivity contribution in [2.75, 3.05) is 25.4 Å². The number of carbonyl (C=O) groups excluding carboxylic acids is 1. The van der Waals surface area contributed by atoms with E-state index in [1.165, 1.54) is 0 Å². The maximum Gasteiger partial charge on any atom is 0.397 e. The zero-order chi connectivity index (χ0) is 16.2. The normalized spacial score (nSPS) is 38.0. The van der Waals surface area contributed by atoms with E-state index in [1.54, 1.807) is 0 Å². The van der Waals surface area contributed by atoms with E-state index in [-0.39, 0.29) is 25.1 Å². The van der Waals surface area contributed by atoms with E-state index >= 15 is 0 Å². The summed E-state index contributed by atoms with van der Waals surface area (Å²) in [5, 5.41) is -1.54. The molecule has 3 fully saturated rings. The number of nitrogens with zero attached hydrogens (tertiary/aromatic N) is 1. The lowest BCUT2D eigenvalue weighted by Crippen LogP contribution is -2.53. The van der Waals surface area contributed by atoms with Crippen LogP contribution in [0.3, 0.4) is 0 Å². The molecule has 3 saturated heterocycles. The van der Waals surface area contributed by atoms with E-state index in [0.717, 1.165) is 4.90 Å². The van der Waals surface area contributed by atoms with Crippen LogP contribution in [0.2, 0.25) is 0 Å². The fourth-order valence-corrected chi connectivity index (χ4v) is 6.12. The molecule has 0 N–H and O–H groups in total. The third-order valence-electron chi connectivity index (χ3n) is 5.04. The molecule has 3 aliphatic rings. The van der Waals surface area contributed by atoms with Crippen molar-refractivity contribution in [1.29, 1.82) is 0 Å². The van der Waals surface area contributed by atoms with Crippen molar-refractivity contribution in [3.63, 3.8) is 0 Å². The first kappa shape index (κ1) is 16.0. The Bertz CT molecular complexity index is 570. The molecule has 3 rings (SSSR count). The van der Waals surface area contributed by atoms with Crippen molar-refractivity contribution >= 4 is 15.7 Å². The number of rotatable bonds is 1. The summed E-state index contributed by atoms with van der Waals surface area (Å²) in [5.74, 6) is -0.747. The molecule has 3 atom stereocenters. The van der Waals surface area contributed by atoms with Crippen LogP contribution in [0.25, 0.3) is 0 Å². The maximum absolute atomic E-state index is 13.6. The van der Waals surface area contributed by atoms with Gasteiger partial charge in [-0.2, -0.15) is 13.2 Å². The highest BCUT2D eigenvalue weighted by Crippen LogP contribution is 2.53. The van der Waals surface area contributed by atoms with Crippen molar-refractivity contribution in [1.82, 2.24) is 4.90 Å². The van der Waals surface area contributed by atoms with Crippen LogP contribution >= 0.6 is 0 Å². The Morgan fingerprint density at radius 2 is 2.00 bits per heavy atom. The summed E-state index contributed by atoms with van der Waals surface area (Å²) in [6.07, 6.45) is -4.46. The van der Waals surface area contributed by atoms with E-state index < -0.39 is 45.2 Å². The fourth-order valence-electron chi connectivity index (χ4n) is 3.87. The van der Waals surface area contributed by atoms with Gasteiger partial charge < -0.3 is 9.64 Å². The molecule has 0 saturated carbocycles. The van der Waals surface area contributed by atoms with Crippen LogP contribution in [-0.2, 0) is 19.4 Å². The first-order valence-electron chi connectivity index (χ1n) is 7.36. The van der Waals surface area contributed by atoms with Gasteiger partial charge in [0.05, 0.1) is 11.0 Å². The van der Waals surface area contributed by atoms with Gasteiger partial charge in [-0.15, -0.1) is 0 Å². The van der Waals surface area contributed by atoms with Gasteiger partial charge in [0, 0.05) is 19.7 Å². The Balaban J connectivity index is 1.92. The van der Waals surface area contributed by atoms with Gasteiger partial charge in [-0.25, -0.2) is 8.42 Å². The standard InChI is InChI=1S/C13H18F3NO4S/c14-13(15,16)12-4-2-6-22(19,20)10(12)7-17(8-12)11(18)9-3-1-5-21-9/h9-10H,1-8H2/t9-,10-,12-/m1/s1. The summed E-state index contributed by atoms with van der Waals surface area (Å²) in [4.78, 5) is 13.4. The minimum atomic E-state index is -4.64. The number of carbonyl (C=O) groups is 1. The highest BCUT2D eigenvalue weighted by molar-refractivity contribution is 7.92. The second-order valence-corrected chi connectivity index (χ2v) is 8.64. The Hall–Kier alpha value is -0.830. The smallest absolute Gasteiger partial charge is 0.368 e. The number of hydrogen-bond acceptors (Lipinski definition) is 4. The number of fused-ring (bicyclic) bond motifs is 1. The predicted molar refractivity (Wildman–Crippen MR) is 70.9 cm³/mol. The van der Waals surface area contributed by atoms with Gasteiger partial charge in [0.2, 0.25) is 0 Å². The molecule has 0 aromatic heterocycles. The molecule has 3 heterocycles. The zero-order valence-corrected chi connectivity index (χ0v) is 12.8. The van der Waals surface area contributed by atoms with Gasteiger partial charge >= 0.3 is 6.18 Å². The van der Waals surface area contributed by atoms with Crippen molar-refractivity contribution in [2.24, 2.45) is 5.41 Å². The summed E-state index contributed by atoms with van der Waals surface area (Å²) >= 11 is 0. The highest BCUT2D eigenvalue weighted by atomic mass is 32.2. The molecule has 0 radical (unpaired) electrons. The Morgan fingerprint density at radius 1 is 1.27 bits per heavy atom. The third kappa shape index (κ3) is 2.33. The van der Waals surface area contributed by atoms with Crippen molar-refractivity contribution < 1.29 is 31.1 Å². The summed E-state index contributed by atoms with van der Waals surface area (Å²) in [6.45, 7) is -0.532. The monoisotopic (exact) mass is 341 g/mol. The fraction of sp³-hybridized carbons (Fsp3) is 0.923. The molecule has 5 nitrogen and oxygen atoms in total. The largest absolute Gasteiger partial charge is 0.397 e. The SMILES string of the molecule is O=C([C@H]1CCCO1)N1C[C@@H]2[C@@](C(F)(F)F)(CCCS2(=O)=O)C1. The molecule has 0 unspecified atom stereocenters. The van der Waals surface area contributed by atoms with Gasteiger partial charge in [0.15, 0.2) is 9.84 Å². The third-order valence-corrected chi connectivity index (χ3v) is 7.37. The van der Waals surface area contributed by atoms with Gasteiger partial charge in [-0.05, 0) is 25.7 Å². The topological polar surface area (TPSA) is 63.7 Å². The number of sulfone groups is 1. The van der Waals surface area contributed by atoms with E-state index in [4.69, 9.17) is 4.74 Å². The molecule has 22 heavy (non-hydrogen) atoms. The average Bonchev–Trinajstić information content (AvgIpc) is 3.05. The average molecular weight is 341 g/mol. The molecule has 3 aliphatic heterocycles. The van der Waals surface area contributed by atoms with Gasteiger partial charge in [-0.1, -0.05) is 0 Å². The maximum atomic E-state index is 13.6. The van der Waals surface area contributed by atoms with Crippen molar-refractivity contribution in [3.05, 3.63) is 0 Å². The van der Waals surface area contributed by atoms with Crippen LogP contribution in [0, 0.1) is 5.41 Å². The first-order chi connectivity index (χ1) is 10.2. The second kappa shape index (κ2) is 5.09. The number of alkyl halides is 3. The number of ether oxygens (including phenoxy) is 1. The minimum absolute atomic E-state index is 0.0136. The van der Waals surface area contributed by atoms with Gasteiger partial charge in [-0.3, -0.25) is 4.79 Å². The van der Waals surface area contributed by atoms with E-state index in [2.05, 4.69) is 0 Å². The van der Waals surface area contributed by atoms with Crippen LogP contribution in [0.4, 0.5) is 13.2 Å². The summed E-state index contributed by atoms with van der Waals surface area (Å²) in [6, 6.07) is 0. The van der Waals surface area contributed by atoms with Crippen LogP contribution in [0.15, 0.2) is 0 Å². The lowest BCUT2D eigenvalue weighted by molar-refractivity contribution is -0.221. The lowest BCUT2D eigenvalue weighted by Gasteiger charge is -2.39. The molecule has 1 amide bonds. The van der Waals surface area contributed by atoms with Gasteiger partial charge in [0.1, 0.15) is 11.5 Å². The predicted octanol–water partition coefficient (Wildman–Crippen LogP) is 1.13. The molecule has 0 aromatic carbocycles. The molecule has 0 aromatic rings. The Kier molecular flexibility index (Phi) is 3.71. The zero-order valence-electron chi connectivity index (χ0n) is 11.9. The minimum Gasteiger partial charge on any atom is -0.368 e. The molecule has 9 heteroatoms. The van der Waals surface area contributed by atoms with Crippen LogP contribution in [-0.4, -0.2) is 62.2 Å². The number of hydrogen-bond donors (Lipinski definition) is 0. The molecule has 0 bridgehead atoms. The van der Waals surface area contributed by atoms with E-state index in [0.29, 0.717) is 19.4 Å². The molecule has 0 aliphatic carbocycles. The first-order valence-corrected chi connectivity index (χ1v) is 9.08. The van der Waals surface area contributed by atoms with Crippen LogP contribution < -0.4 is 0 Å². The van der Waals surface area contributed by atoms with Crippen LogP contribution in [0.5, 0.6) is 0 Å². The van der Waals surface area contributed by atoms with Crippen molar-refractivity contribution in [3.8, 4) is 0 Å². The number of amides is 1. The van der Waals surface area contributed by atoms with Crippen LogP contribution in [0.1, 0.15) is 25.7 Å². The lowest BCUT2D eigenvalue weighted by atomic mass is 9.81. The quantitative estimate of drug-likeness (QED) is 0.717. The van der Waals surface area contributed by atoms with E-state index in [9.17, 15) is 26.4 Å². The summed E-state index contributed by atoms with van der Waals surface area (Å²) in [5.41, 5.74) is -2.32. The van der Waals surface area contributed by atoms with Gasteiger partial charge in [0.25, 0.3) is 5.91 Å². The molecule has 126 valence electrons. The number of likely N-dealkylation sites (tertiary alicyclic amines) is 1. The Labute approximate surface area is 126 Å². The van der Waals surface area contributed by atoms with E-state index in [1.807, 2.05) is 0 Å². The molecule has 0 spiro atoms. The summed E-state index contributed by atoms with van der Waals surface area (Å²) in [7, 11) is -3.85. The second-order valence-electron chi connectivity index (χ2n) is 6.33. The number of halogens is 3. The summed E-state index contributed by atoms with van der Waals surface area (Å²) < 4.78 is 70.3. The Morgan fingerprint density at radius 3 is 2.55 bits per heavy atom. The highest BCUT2D eigenvalue weighted by Gasteiger charge is 2.68.